The summed E-state index contributed by atoms with van der Waals surface area (Å²) in [7, 11) is 0. The molecule has 0 aliphatic carbocycles. The fourth-order valence-corrected chi connectivity index (χ4v) is 1.26. The first-order valence-electron chi connectivity index (χ1n) is 4.24. The molecule has 1 fully saturated rings. The van der Waals surface area contributed by atoms with Crippen LogP contribution in [0.4, 0.5) is 0 Å². The topological polar surface area (TPSA) is 21.3 Å². The summed E-state index contributed by atoms with van der Waals surface area (Å²) in [6.45, 7) is 5.28. The van der Waals surface area contributed by atoms with Crippen molar-refractivity contribution in [3.63, 3.8) is 0 Å². The van der Waals surface area contributed by atoms with E-state index in [-0.39, 0.29) is 0 Å². The van der Waals surface area contributed by atoms with E-state index in [1.807, 2.05) is 0 Å². The summed E-state index contributed by atoms with van der Waals surface area (Å²) < 4.78 is 5.49. The zero-order valence-corrected chi connectivity index (χ0v) is 6.89. The van der Waals surface area contributed by atoms with Gasteiger partial charge in [-0.15, -0.1) is 0 Å². The molecule has 0 aromatic carbocycles. The van der Waals surface area contributed by atoms with Crippen molar-refractivity contribution in [1.82, 2.24) is 5.32 Å². The van der Waals surface area contributed by atoms with Crippen LogP contribution in [-0.4, -0.2) is 18.9 Å². The van der Waals surface area contributed by atoms with Crippen molar-refractivity contribution in [1.29, 1.82) is 0 Å². The molecule has 2 heteroatoms. The van der Waals surface area contributed by atoms with Crippen LogP contribution in [0.5, 0.6) is 0 Å². The van der Waals surface area contributed by atoms with Gasteiger partial charge in [0, 0.05) is 6.04 Å². The third-order valence-electron chi connectivity index (χ3n) is 1.96. The van der Waals surface area contributed by atoms with Gasteiger partial charge in [0.15, 0.2) is 0 Å². The number of hydrogen-bond acceptors (Lipinski definition) is 2. The quantitative estimate of drug-likeness (QED) is 0.646. The van der Waals surface area contributed by atoms with Crippen molar-refractivity contribution in [2.45, 2.75) is 45.4 Å². The lowest BCUT2D eigenvalue weighted by Crippen LogP contribution is -2.29. The molecule has 1 aliphatic heterocycles. The number of rotatable bonds is 3. The Hall–Kier alpha value is -0.0800. The maximum absolute atomic E-state index is 5.49. The Morgan fingerprint density at radius 3 is 2.80 bits per heavy atom. The normalized spacial score (nSPS) is 33.0. The van der Waals surface area contributed by atoms with E-state index in [4.69, 9.17) is 4.74 Å². The van der Waals surface area contributed by atoms with Crippen LogP contribution in [0, 0.1) is 0 Å². The van der Waals surface area contributed by atoms with Gasteiger partial charge in [-0.2, -0.15) is 0 Å². The summed E-state index contributed by atoms with van der Waals surface area (Å²) >= 11 is 0. The molecular formula is C8H17NO. The Labute approximate surface area is 63.0 Å². The van der Waals surface area contributed by atoms with Gasteiger partial charge in [0.2, 0.25) is 0 Å². The average Bonchev–Trinajstić information content (AvgIpc) is 2.37. The Morgan fingerprint density at radius 1 is 1.50 bits per heavy atom. The van der Waals surface area contributed by atoms with Gasteiger partial charge in [0.05, 0.1) is 6.61 Å². The second-order valence-electron chi connectivity index (χ2n) is 2.88. The molecule has 2 nitrogen and oxygen atoms in total. The average molecular weight is 143 g/mol. The van der Waals surface area contributed by atoms with E-state index in [0.29, 0.717) is 12.3 Å². The maximum Gasteiger partial charge on any atom is 0.108 e. The largest absolute Gasteiger partial charge is 0.362 e. The fraction of sp³-hybridized carbons (Fsp3) is 1.00. The molecule has 60 valence electrons. The van der Waals surface area contributed by atoms with Crippen molar-refractivity contribution >= 4 is 0 Å². The highest BCUT2D eigenvalue weighted by Crippen LogP contribution is 2.09. The zero-order valence-electron chi connectivity index (χ0n) is 6.89. The minimum atomic E-state index is 0.343. The molecule has 0 amide bonds. The first-order chi connectivity index (χ1) is 4.86. The smallest absolute Gasteiger partial charge is 0.108 e. The van der Waals surface area contributed by atoms with Crippen LogP contribution < -0.4 is 5.32 Å². The van der Waals surface area contributed by atoms with Crippen LogP contribution in [0.15, 0.2) is 0 Å². The van der Waals surface area contributed by atoms with Gasteiger partial charge in [0.25, 0.3) is 0 Å². The first-order valence-corrected chi connectivity index (χ1v) is 4.24. The Bertz CT molecular complexity index is 95.3. The molecule has 1 N–H and O–H groups in total. The highest BCUT2D eigenvalue weighted by atomic mass is 16.5. The highest BCUT2D eigenvalue weighted by Gasteiger charge is 2.21. The molecule has 0 radical (unpaired) electrons. The van der Waals surface area contributed by atoms with Crippen LogP contribution in [0.3, 0.4) is 0 Å². The molecule has 0 bridgehead atoms. The van der Waals surface area contributed by atoms with E-state index in [2.05, 4.69) is 19.2 Å². The van der Waals surface area contributed by atoms with Gasteiger partial charge >= 0.3 is 0 Å². The van der Waals surface area contributed by atoms with Gasteiger partial charge in [0.1, 0.15) is 6.23 Å². The lowest BCUT2D eigenvalue weighted by atomic mass is 10.2. The lowest BCUT2D eigenvalue weighted by molar-refractivity contribution is 0.0926. The number of nitrogens with one attached hydrogen (secondary N) is 1. The lowest BCUT2D eigenvalue weighted by Gasteiger charge is -2.08. The Balaban J connectivity index is 2.15. The van der Waals surface area contributed by atoms with Crippen molar-refractivity contribution in [3.05, 3.63) is 0 Å². The molecule has 0 aromatic heterocycles. The first kappa shape index (κ1) is 8.02. The number of ether oxygens (including phenoxy) is 1. The molecule has 1 rings (SSSR count). The van der Waals surface area contributed by atoms with Gasteiger partial charge in [-0.3, -0.25) is 5.32 Å². The van der Waals surface area contributed by atoms with Crippen LogP contribution in [0.1, 0.15) is 33.1 Å². The monoisotopic (exact) mass is 143 g/mol. The van der Waals surface area contributed by atoms with E-state index >= 15 is 0 Å². The predicted octanol–water partition coefficient (Wildman–Crippen LogP) is 1.51. The van der Waals surface area contributed by atoms with E-state index in [0.717, 1.165) is 13.0 Å². The SMILES string of the molecule is CCCC1NC(CC)CO1. The van der Waals surface area contributed by atoms with E-state index in [1.54, 1.807) is 0 Å². The Kier molecular flexibility index (Phi) is 3.16. The van der Waals surface area contributed by atoms with Gasteiger partial charge < -0.3 is 4.74 Å². The maximum atomic E-state index is 5.49. The summed E-state index contributed by atoms with van der Waals surface area (Å²) in [6.07, 6.45) is 3.88. The molecule has 1 saturated heterocycles. The molecule has 1 aliphatic rings. The van der Waals surface area contributed by atoms with Crippen molar-refractivity contribution in [3.8, 4) is 0 Å². The van der Waals surface area contributed by atoms with Crippen molar-refractivity contribution in [2.75, 3.05) is 6.61 Å². The standard InChI is InChI=1S/C8H17NO/c1-3-5-8-9-7(4-2)6-10-8/h7-9H,3-6H2,1-2H3. The van der Waals surface area contributed by atoms with Crippen LogP contribution in [0.25, 0.3) is 0 Å². The van der Waals surface area contributed by atoms with E-state index < -0.39 is 0 Å². The predicted molar refractivity (Wildman–Crippen MR) is 41.9 cm³/mol. The summed E-state index contributed by atoms with van der Waals surface area (Å²) in [5.74, 6) is 0. The second kappa shape index (κ2) is 3.94. The molecule has 0 aromatic rings. The van der Waals surface area contributed by atoms with Gasteiger partial charge in [-0.05, 0) is 12.8 Å². The second-order valence-corrected chi connectivity index (χ2v) is 2.88. The van der Waals surface area contributed by atoms with Gasteiger partial charge in [-0.25, -0.2) is 0 Å². The fourth-order valence-electron chi connectivity index (χ4n) is 1.26. The highest BCUT2D eigenvalue weighted by molar-refractivity contribution is 4.73. The minimum Gasteiger partial charge on any atom is -0.362 e. The third-order valence-corrected chi connectivity index (χ3v) is 1.96. The van der Waals surface area contributed by atoms with Crippen LogP contribution >= 0.6 is 0 Å². The molecular weight excluding hydrogens is 126 g/mol. The minimum absolute atomic E-state index is 0.343. The van der Waals surface area contributed by atoms with E-state index in [1.165, 1.54) is 12.8 Å². The summed E-state index contributed by atoms with van der Waals surface area (Å²) in [4.78, 5) is 0. The van der Waals surface area contributed by atoms with Crippen LogP contribution in [0.2, 0.25) is 0 Å². The molecule has 2 atom stereocenters. The third kappa shape index (κ3) is 1.96. The summed E-state index contributed by atoms with van der Waals surface area (Å²) in [5, 5.41) is 3.42. The molecule has 0 spiro atoms. The van der Waals surface area contributed by atoms with Gasteiger partial charge in [-0.1, -0.05) is 20.3 Å². The zero-order chi connectivity index (χ0) is 7.40. The Morgan fingerprint density at radius 2 is 2.30 bits per heavy atom. The molecule has 0 saturated carbocycles. The number of hydrogen-bond donors (Lipinski definition) is 1. The molecule has 10 heavy (non-hydrogen) atoms. The van der Waals surface area contributed by atoms with Crippen LogP contribution in [-0.2, 0) is 4.74 Å². The molecule has 1 heterocycles. The van der Waals surface area contributed by atoms with Crippen molar-refractivity contribution in [2.24, 2.45) is 0 Å². The van der Waals surface area contributed by atoms with E-state index in [9.17, 15) is 0 Å². The summed E-state index contributed by atoms with van der Waals surface area (Å²) in [6, 6.07) is 0.608. The van der Waals surface area contributed by atoms with Crippen molar-refractivity contribution < 1.29 is 4.74 Å². The molecule has 2 unspecified atom stereocenters. The summed E-state index contributed by atoms with van der Waals surface area (Å²) in [5.41, 5.74) is 0.